The normalized spacial score (nSPS) is 15.2. The summed E-state index contributed by atoms with van der Waals surface area (Å²) in [6, 6.07) is 15.6. The van der Waals surface area contributed by atoms with Gasteiger partial charge in [-0.1, -0.05) is 24.3 Å². The van der Waals surface area contributed by atoms with Crippen molar-refractivity contribution in [3.8, 4) is 0 Å². The van der Waals surface area contributed by atoms with Gasteiger partial charge in [0.1, 0.15) is 5.69 Å². The summed E-state index contributed by atoms with van der Waals surface area (Å²) in [5.74, 6) is 2.15. The van der Waals surface area contributed by atoms with Crippen molar-refractivity contribution in [1.29, 1.82) is 0 Å². The van der Waals surface area contributed by atoms with E-state index in [4.69, 9.17) is 0 Å². The van der Waals surface area contributed by atoms with Crippen LogP contribution in [0.4, 0.5) is 5.69 Å². The smallest absolute Gasteiger partial charge is 0.275 e. The maximum Gasteiger partial charge on any atom is 0.275 e. The number of nitrogens with zero attached hydrogens (tertiary/aromatic N) is 2. The zero-order chi connectivity index (χ0) is 17.1. The maximum absolute atomic E-state index is 12.5. The topological polar surface area (TPSA) is 54.9 Å². The van der Waals surface area contributed by atoms with Crippen LogP contribution >= 0.6 is 23.5 Å². The van der Waals surface area contributed by atoms with Gasteiger partial charge in [-0.25, -0.2) is 4.98 Å². The van der Waals surface area contributed by atoms with Gasteiger partial charge >= 0.3 is 0 Å². The lowest BCUT2D eigenvalue weighted by Gasteiger charge is -2.21. The van der Waals surface area contributed by atoms with Gasteiger partial charge in [0.25, 0.3) is 5.91 Å². The Morgan fingerprint density at radius 3 is 2.68 bits per heavy atom. The minimum atomic E-state index is -0.237. The number of thioether (sulfide) groups is 2. The quantitative estimate of drug-likeness (QED) is 0.724. The van der Waals surface area contributed by atoms with Crippen molar-refractivity contribution in [2.24, 2.45) is 0 Å². The lowest BCUT2D eigenvalue weighted by molar-refractivity contribution is 0.102. The van der Waals surface area contributed by atoms with Gasteiger partial charge in [-0.3, -0.25) is 9.78 Å². The van der Waals surface area contributed by atoms with E-state index >= 15 is 0 Å². The zero-order valence-corrected chi connectivity index (χ0v) is 15.1. The van der Waals surface area contributed by atoms with Crippen molar-refractivity contribution < 1.29 is 4.79 Å². The van der Waals surface area contributed by atoms with E-state index in [9.17, 15) is 4.79 Å². The number of amides is 1. The highest BCUT2D eigenvalue weighted by molar-refractivity contribution is 8.16. The molecule has 1 aliphatic rings. The second-order valence-corrected chi connectivity index (χ2v) is 8.47. The SMILES string of the molecule is O=C(Nc1cccc(C2SCCCS2)c1)c1cnc2ccccc2n1. The monoisotopic (exact) mass is 367 g/mol. The number of fused-ring (bicyclic) bond motifs is 1. The number of carbonyl (C=O) groups is 1. The van der Waals surface area contributed by atoms with E-state index < -0.39 is 0 Å². The van der Waals surface area contributed by atoms with Gasteiger partial charge in [0, 0.05) is 5.69 Å². The molecule has 6 heteroatoms. The number of para-hydroxylation sites is 2. The first-order chi connectivity index (χ1) is 12.3. The van der Waals surface area contributed by atoms with Gasteiger partial charge in [-0.05, 0) is 47.8 Å². The summed E-state index contributed by atoms with van der Waals surface area (Å²) in [4.78, 5) is 21.2. The third kappa shape index (κ3) is 3.80. The van der Waals surface area contributed by atoms with Crippen molar-refractivity contribution in [3.05, 3.63) is 66.0 Å². The molecule has 1 saturated heterocycles. The molecule has 0 radical (unpaired) electrons. The highest BCUT2D eigenvalue weighted by atomic mass is 32.2. The fraction of sp³-hybridized carbons (Fsp3) is 0.211. The fourth-order valence-corrected chi connectivity index (χ4v) is 5.58. The number of hydrogen-bond donors (Lipinski definition) is 1. The molecule has 1 aliphatic heterocycles. The lowest BCUT2D eigenvalue weighted by Crippen LogP contribution is -2.14. The molecule has 3 aromatic rings. The Hall–Kier alpha value is -2.05. The Morgan fingerprint density at radius 2 is 1.84 bits per heavy atom. The van der Waals surface area contributed by atoms with Crippen LogP contribution in [0.1, 0.15) is 27.1 Å². The van der Waals surface area contributed by atoms with Crippen LogP contribution in [-0.2, 0) is 0 Å². The average molecular weight is 367 g/mol. The van der Waals surface area contributed by atoms with Crippen LogP contribution in [0, 0.1) is 0 Å². The minimum Gasteiger partial charge on any atom is -0.321 e. The Kier molecular flexibility index (Phi) is 4.90. The molecule has 4 nitrogen and oxygen atoms in total. The number of rotatable bonds is 3. The maximum atomic E-state index is 12.5. The standard InChI is InChI=1S/C19H17N3OS2/c23-18(17-12-20-15-7-1-2-8-16(15)22-17)21-14-6-3-5-13(11-14)19-24-9-4-10-25-19/h1-3,5-8,11-12,19H,4,9-10H2,(H,21,23). The molecule has 1 amide bonds. The molecular weight excluding hydrogens is 350 g/mol. The van der Waals surface area contributed by atoms with Crippen molar-refractivity contribution in [2.75, 3.05) is 16.8 Å². The molecule has 0 spiro atoms. The molecule has 0 saturated carbocycles. The molecule has 1 aromatic heterocycles. The highest BCUT2D eigenvalue weighted by Gasteiger charge is 2.17. The predicted octanol–water partition coefficient (Wildman–Crippen LogP) is 4.75. The molecule has 2 aromatic carbocycles. The van der Waals surface area contributed by atoms with Crippen LogP contribution in [0.2, 0.25) is 0 Å². The van der Waals surface area contributed by atoms with Gasteiger partial charge in [0.05, 0.1) is 21.8 Å². The van der Waals surface area contributed by atoms with E-state index in [0.29, 0.717) is 10.3 Å². The molecule has 25 heavy (non-hydrogen) atoms. The summed E-state index contributed by atoms with van der Waals surface area (Å²) in [7, 11) is 0. The van der Waals surface area contributed by atoms with E-state index in [1.54, 1.807) is 0 Å². The van der Waals surface area contributed by atoms with Crippen LogP contribution in [-0.4, -0.2) is 27.4 Å². The first-order valence-corrected chi connectivity index (χ1v) is 10.3. The highest BCUT2D eigenvalue weighted by Crippen LogP contribution is 2.44. The number of anilines is 1. The Labute approximate surface area is 154 Å². The number of benzene rings is 2. The number of carbonyl (C=O) groups excluding carboxylic acids is 1. The first-order valence-electron chi connectivity index (χ1n) is 8.16. The van der Waals surface area contributed by atoms with Gasteiger partial charge in [0.2, 0.25) is 0 Å². The van der Waals surface area contributed by atoms with Crippen LogP contribution in [0.3, 0.4) is 0 Å². The first kappa shape index (κ1) is 16.4. The Bertz CT molecular complexity index is 910. The van der Waals surface area contributed by atoms with Crippen LogP contribution < -0.4 is 5.32 Å². The molecule has 0 unspecified atom stereocenters. The molecule has 0 atom stereocenters. The minimum absolute atomic E-state index is 0.237. The van der Waals surface area contributed by atoms with E-state index in [1.807, 2.05) is 59.9 Å². The summed E-state index contributed by atoms with van der Waals surface area (Å²) in [6.45, 7) is 0. The van der Waals surface area contributed by atoms with Gasteiger partial charge in [-0.15, -0.1) is 23.5 Å². The van der Waals surface area contributed by atoms with Crippen molar-refractivity contribution >= 4 is 46.2 Å². The number of aromatic nitrogens is 2. The summed E-state index contributed by atoms with van der Waals surface area (Å²) >= 11 is 3.94. The van der Waals surface area contributed by atoms with E-state index in [-0.39, 0.29) is 5.91 Å². The molecule has 1 N–H and O–H groups in total. The summed E-state index contributed by atoms with van der Waals surface area (Å²) < 4.78 is 0.450. The van der Waals surface area contributed by atoms with Crippen LogP contribution in [0.5, 0.6) is 0 Å². The molecule has 4 rings (SSSR count). The molecule has 2 heterocycles. The van der Waals surface area contributed by atoms with E-state index in [1.165, 1.54) is 29.7 Å². The summed E-state index contributed by atoms with van der Waals surface area (Å²) in [5, 5.41) is 2.94. The van der Waals surface area contributed by atoms with Gasteiger partial charge < -0.3 is 5.32 Å². The fourth-order valence-electron chi connectivity index (χ4n) is 2.70. The lowest BCUT2D eigenvalue weighted by atomic mass is 10.2. The Balaban J connectivity index is 1.53. The van der Waals surface area contributed by atoms with Crippen molar-refractivity contribution in [2.45, 2.75) is 11.0 Å². The summed E-state index contributed by atoms with van der Waals surface area (Å²) in [5.41, 5.74) is 3.87. The predicted molar refractivity (Wildman–Crippen MR) is 106 cm³/mol. The van der Waals surface area contributed by atoms with Crippen molar-refractivity contribution in [3.63, 3.8) is 0 Å². The third-order valence-electron chi connectivity index (χ3n) is 3.92. The van der Waals surface area contributed by atoms with E-state index in [2.05, 4.69) is 27.4 Å². The van der Waals surface area contributed by atoms with Crippen LogP contribution in [0.15, 0.2) is 54.7 Å². The number of nitrogens with one attached hydrogen (secondary N) is 1. The van der Waals surface area contributed by atoms with Crippen molar-refractivity contribution in [1.82, 2.24) is 9.97 Å². The van der Waals surface area contributed by atoms with E-state index in [0.717, 1.165) is 16.7 Å². The third-order valence-corrected chi connectivity index (χ3v) is 6.94. The summed E-state index contributed by atoms with van der Waals surface area (Å²) in [6.07, 6.45) is 2.79. The molecule has 1 fully saturated rings. The zero-order valence-electron chi connectivity index (χ0n) is 13.5. The Morgan fingerprint density at radius 1 is 1.04 bits per heavy atom. The molecule has 0 aliphatic carbocycles. The number of hydrogen-bond acceptors (Lipinski definition) is 5. The second kappa shape index (κ2) is 7.45. The second-order valence-electron chi connectivity index (χ2n) is 5.75. The van der Waals surface area contributed by atoms with Gasteiger partial charge in [-0.2, -0.15) is 0 Å². The average Bonchev–Trinajstić information content (AvgIpc) is 2.68. The molecule has 0 bridgehead atoms. The van der Waals surface area contributed by atoms with Crippen LogP contribution in [0.25, 0.3) is 11.0 Å². The largest absolute Gasteiger partial charge is 0.321 e. The van der Waals surface area contributed by atoms with Gasteiger partial charge in [0.15, 0.2) is 0 Å². The molecule has 126 valence electrons. The molecular formula is C19H17N3OS2.